The number of hydrogen-bond donors (Lipinski definition) is 1. The summed E-state index contributed by atoms with van der Waals surface area (Å²) in [4.78, 5) is 0. The largest absolute Gasteiger partial charge is 0.330 e. The first-order valence-corrected chi connectivity index (χ1v) is 6.52. The molecule has 0 saturated heterocycles. The maximum Gasteiger partial charge on any atom is 0.000419 e. The van der Waals surface area contributed by atoms with E-state index < -0.39 is 0 Å². The van der Waals surface area contributed by atoms with Gasteiger partial charge in [0.05, 0.1) is 0 Å². The van der Waals surface area contributed by atoms with E-state index in [0.29, 0.717) is 12.5 Å². The molecule has 0 aromatic heterocycles. The fraction of sp³-hybridized carbons (Fsp3) is 0.294. The molecule has 2 aromatic carbocycles. The van der Waals surface area contributed by atoms with Gasteiger partial charge in [-0.25, -0.2) is 0 Å². The number of rotatable bonds is 4. The lowest BCUT2D eigenvalue weighted by molar-refractivity contribution is 0.689. The molecular weight excluding hydrogens is 218 g/mol. The quantitative estimate of drug-likeness (QED) is 0.867. The molecule has 0 aliphatic carbocycles. The molecule has 0 amide bonds. The van der Waals surface area contributed by atoms with E-state index in [1.54, 1.807) is 0 Å². The molecule has 0 saturated carbocycles. The molecule has 0 spiro atoms. The molecule has 1 nitrogen and oxygen atoms in total. The Hall–Kier alpha value is -1.60. The molecule has 0 heterocycles. The van der Waals surface area contributed by atoms with Crippen LogP contribution in [0.2, 0.25) is 0 Å². The van der Waals surface area contributed by atoms with Crippen molar-refractivity contribution < 1.29 is 0 Å². The summed E-state index contributed by atoms with van der Waals surface area (Å²) in [7, 11) is 0. The normalized spacial score (nSPS) is 12.4. The van der Waals surface area contributed by atoms with Gasteiger partial charge in [-0.15, -0.1) is 0 Å². The Kier molecular flexibility index (Phi) is 4.16. The molecule has 2 aromatic rings. The van der Waals surface area contributed by atoms with Crippen LogP contribution in [0.5, 0.6) is 0 Å². The molecule has 0 radical (unpaired) electrons. The minimum atomic E-state index is 0.410. The highest BCUT2D eigenvalue weighted by molar-refractivity contribution is 5.32. The van der Waals surface area contributed by atoms with E-state index in [0.717, 1.165) is 6.42 Å². The van der Waals surface area contributed by atoms with Gasteiger partial charge < -0.3 is 5.73 Å². The molecule has 0 aliphatic heterocycles. The highest BCUT2D eigenvalue weighted by atomic mass is 14.5. The summed E-state index contributed by atoms with van der Waals surface area (Å²) in [5.41, 5.74) is 11.4. The van der Waals surface area contributed by atoms with Crippen LogP contribution < -0.4 is 5.73 Å². The van der Waals surface area contributed by atoms with Crippen LogP contribution in [0.25, 0.3) is 0 Å². The Morgan fingerprint density at radius 1 is 1.00 bits per heavy atom. The molecule has 1 heteroatoms. The van der Waals surface area contributed by atoms with Crippen LogP contribution in [0.15, 0.2) is 48.5 Å². The molecule has 94 valence electrons. The molecule has 0 fully saturated rings. The second-order valence-corrected chi connectivity index (χ2v) is 4.98. The molecule has 0 aliphatic rings. The van der Waals surface area contributed by atoms with Gasteiger partial charge in [0.15, 0.2) is 0 Å². The molecular formula is C17H21N. The van der Waals surface area contributed by atoms with Gasteiger partial charge >= 0.3 is 0 Å². The third-order valence-corrected chi connectivity index (χ3v) is 3.48. The lowest BCUT2D eigenvalue weighted by Crippen LogP contribution is -2.16. The van der Waals surface area contributed by atoms with E-state index >= 15 is 0 Å². The zero-order valence-corrected chi connectivity index (χ0v) is 11.2. The second-order valence-electron chi connectivity index (χ2n) is 4.98. The van der Waals surface area contributed by atoms with Crippen LogP contribution in [0, 0.1) is 13.8 Å². The Balaban J connectivity index is 2.23. The topological polar surface area (TPSA) is 26.0 Å². The van der Waals surface area contributed by atoms with Gasteiger partial charge in [0.1, 0.15) is 0 Å². The van der Waals surface area contributed by atoms with Crippen molar-refractivity contribution in [1.29, 1.82) is 0 Å². The van der Waals surface area contributed by atoms with E-state index in [-0.39, 0.29) is 0 Å². The van der Waals surface area contributed by atoms with E-state index in [9.17, 15) is 0 Å². The van der Waals surface area contributed by atoms with Crippen LogP contribution in [-0.4, -0.2) is 6.54 Å². The third-order valence-electron chi connectivity index (χ3n) is 3.48. The smallest absolute Gasteiger partial charge is 0.000419 e. The first-order chi connectivity index (χ1) is 8.70. The van der Waals surface area contributed by atoms with Gasteiger partial charge in [-0.05, 0) is 43.5 Å². The molecule has 0 bridgehead atoms. The number of benzene rings is 2. The van der Waals surface area contributed by atoms with Crippen LogP contribution >= 0.6 is 0 Å². The number of aryl methyl sites for hydroxylation is 2. The number of nitrogens with two attached hydrogens (primary N) is 1. The van der Waals surface area contributed by atoms with Crippen LogP contribution in [0.4, 0.5) is 0 Å². The van der Waals surface area contributed by atoms with Crippen molar-refractivity contribution in [3.8, 4) is 0 Å². The van der Waals surface area contributed by atoms with Crippen molar-refractivity contribution in [2.24, 2.45) is 5.73 Å². The maximum atomic E-state index is 5.96. The van der Waals surface area contributed by atoms with E-state index in [1.807, 2.05) is 0 Å². The van der Waals surface area contributed by atoms with Gasteiger partial charge in [0.25, 0.3) is 0 Å². The van der Waals surface area contributed by atoms with Crippen molar-refractivity contribution in [3.05, 3.63) is 70.8 Å². The molecule has 18 heavy (non-hydrogen) atoms. The summed E-state index contributed by atoms with van der Waals surface area (Å²) in [6, 6.07) is 17.2. The summed E-state index contributed by atoms with van der Waals surface area (Å²) in [6.45, 7) is 4.99. The maximum absolute atomic E-state index is 5.96. The van der Waals surface area contributed by atoms with Crippen molar-refractivity contribution in [2.45, 2.75) is 26.2 Å². The fourth-order valence-electron chi connectivity index (χ4n) is 2.49. The lowest BCUT2D eigenvalue weighted by Gasteiger charge is -2.18. The van der Waals surface area contributed by atoms with Crippen LogP contribution in [0.3, 0.4) is 0 Å². The fourth-order valence-corrected chi connectivity index (χ4v) is 2.49. The van der Waals surface area contributed by atoms with E-state index in [1.165, 1.54) is 22.3 Å². The number of hydrogen-bond acceptors (Lipinski definition) is 1. The first kappa shape index (κ1) is 12.8. The lowest BCUT2D eigenvalue weighted by atomic mass is 9.89. The molecule has 1 unspecified atom stereocenters. The summed E-state index contributed by atoms with van der Waals surface area (Å²) in [5.74, 6) is 0.410. The van der Waals surface area contributed by atoms with Gasteiger partial charge in [-0.1, -0.05) is 54.1 Å². The van der Waals surface area contributed by atoms with E-state index in [2.05, 4.69) is 62.4 Å². The predicted octanol–water partition coefficient (Wildman–Crippen LogP) is 3.59. The average Bonchev–Trinajstić information content (AvgIpc) is 2.37. The highest BCUT2D eigenvalue weighted by Crippen LogP contribution is 2.23. The molecule has 2 rings (SSSR count). The SMILES string of the molecule is Cc1cccc(CC(CN)c2ccccc2C)c1. The summed E-state index contributed by atoms with van der Waals surface area (Å²) in [5, 5.41) is 0. The average molecular weight is 239 g/mol. The Morgan fingerprint density at radius 2 is 1.78 bits per heavy atom. The first-order valence-electron chi connectivity index (χ1n) is 6.52. The standard InChI is InChI=1S/C17H21N/c1-13-6-5-8-15(10-13)11-16(12-18)17-9-4-3-7-14(17)2/h3-10,16H,11-12,18H2,1-2H3. The highest BCUT2D eigenvalue weighted by Gasteiger charge is 2.12. The van der Waals surface area contributed by atoms with E-state index in [4.69, 9.17) is 5.73 Å². The molecule has 2 N–H and O–H groups in total. The minimum Gasteiger partial charge on any atom is -0.330 e. The van der Waals surface area contributed by atoms with Gasteiger partial charge in [-0.3, -0.25) is 0 Å². The van der Waals surface area contributed by atoms with Gasteiger partial charge in [0.2, 0.25) is 0 Å². The van der Waals surface area contributed by atoms with Crippen LogP contribution in [-0.2, 0) is 6.42 Å². The Bertz CT molecular complexity index is 517. The summed E-state index contributed by atoms with van der Waals surface area (Å²) >= 11 is 0. The minimum absolute atomic E-state index is 0.410. The summed E-state index contributed by atoms with van der Waals surface area (Å²) < 4.78 is 0. The monoisotopic (exact) mass is 239 g/mol. The second kappa shape index (κ2) is 5.83. The van der Waals surface area contributed by atoms with Crippen molar-refractivity contribution in [1.82, 2.24) is 0 Å². The zero-order valence-electron chi connectivity index (χ0n) is 11.2. The third kappa shape index (κ3) is 2.99. The zero-order chi connectivity index (χ0) is 13.0. The van der Waals surface area contributed by atoms with Crippen molar-refractivity contribution in [3.63, 3.8) is 0 Å². The predicted molar refractivity (Wildman–Crippen MR) is 77.9 cm³/mol. The van der Waals surface area contributed by atoms with Gasteiger partial charge in [0, 0.05) is 5.92 Å². The van der Waals surface area contributed by atoms with Crippen molar-refractivity contribution >= 4 is 0 Å². The van der Waals surface area contributed by atoms with Crippen molar-refractivity contribution in [2.75, 3.05) is 6.54 Å². The van der Waals surface area contributed by atoms with Gasteiger partial charge in [-0.2, -0.15) is 0 Å². The van der Waals surface area contributed by atoms with Crippen LogP contribution in [0.1, 0.15) is 28.2 Å². The summed E-state index contributed by atoms with van der Waals surface area (Å²) in [6.07, 6.45) is 1.02. The molecule has 1 atom stereocenters. The Labute approximate surface area is 110 Å². The Morgan fingerprint density at radius 3 is 2.44 bits per heavy atom.